The summed E-state index contributed by atoms with van der Waals surface area (Å²) in [4.78, 5) is 26.1. The Morgan fingerprint density at radius 3 is 1.46 bits per heavy atom. The molecule has 0 saturated heterocycles. The van der Waals surface area contributed by atoms with Crippen LogP contribution in [0, 0.1) is 70.9 Å². The number of nitro benzene ring substituents is 2. The van der Waals surface area contributed by atoms with Crippen molar-refractivity contribution in [1.82, 2.24) is 4.48 Å². The number of aliphatic imine (C=N–C) groups is 1. The maximum absolute atomic E-state index is 17.1. The molecule has 0 spiro atoms. The van der Waals surface area contributed by atoms with Crippen molar-refractivity contribution in [2.75, 3.05) is 0 Å². The molecule has 500 valence electrons. The van der Waals surface area contributed by atoms with Crippen LogP contribution in [0.2, 0.25) is 36.3 Å². The topological polar surface area (TPSA) is 147 Å². The summed E-state index contributed by atoms with van der Waals surface area (Å²) in [6.45, 7) is 25.8. The Labute approximate surface area is 554 Å². The van der Waals surface area contributed by atoms with Crippen LogP contribution in [-0.4, -0.2) is 52.0 Å². The van der Waals surface area contributed by atoms with Crippen LogP contribution in [0.4, 0.5) is 20.0 Å². The Bertz CT molecular complexity index is 3410. The number of aromatic nitrogens is 1. The van der Waals surface area contributed by atoms with Crippen molar-refractivity contribution in [2.24, 2.45) is 4.99 Å². The molecule has 0 aliphatic carbocycles. The number of nitro groups is 2. The lowest BCUT2D eigenvalue weighted by atomic mass is 9.87. The molecule has 2 heterocycles. The molecular formula is C75H107BF2N4O7SSi2. The summed E-state index contributed by atoms with van der Waals surface area (Å²) in [5.41, 5.74) is 16.4. The Kier molecular flexibility index (Phi) is 31.9. The van der Waals surface area contributed by atoms with E-state index in [0.29, 0.717) is 39.7 Å². The molecular weight excluding hydrogens is 1210 g/mol. The molecule has 0 amide bonds. The van der Waals surface area contributed by atoms with Gasteiger partial charge < -0.3 is 8.66 Å². The molecule has 0 atom stereocenters. The lowest BCUT2D eigenvalue weighted by molar-refractivity contribution is -0.396. The highest BCUT2D eigenvalue weighted by atomic mass is 32.2. The van der Waals surface area contributed by atoms with Gasteiger partial charge in [0.25, 0.3) is 11.4 Å². The third-order valence-electron chi connectivity index (χ3n) is 18.6. The average molecular weight is 1310 g/mol. The first-order chi connectivity index (χ1) is 44.1. The van der Waals surface area contributed by atoms with Gasteiger partial charge in [0.1, 0.15) is 21.9 Å². The lowest BCUT2D eigenvalue weighted by Gasteiger charge is -2.27. The smallest absolute Gasteiger partial charge is 0.379 e. The fraction of sp³-hybridized carbons (Fsp3) is 0.560. The van der Waals surface area contributed by atoms with E-state index >= 15 is 8.63 Å². The maximum Gasteiger partial charge on any atom is 0.678 e. The van der Waals surface area contributed by atoms with Gasteiger partial charge in [-0.15, -0.1) is 11.1 Å². The molecule has 1 aliphatic heterocycles. The highest BCUT2D eigenvalue weighted by molar-refractivity contribution is 7.87. The zero-order chi connectivity index (χ0) is 67.4. The largest absolute Gasteiger partial charge is 0.678 e. The lowest BCUT2D eigenvalue weighted by Crippen LogP contribution is -2.33. The molecule has 5 rings (SSSR count). The number of hydrogen-bond donors (Lipinski definition) is 0. The third kappa shape index (κ3) is 21.7. The normalized spacial score (nSPS) is 13.3. The van der Waals surface area contributed by atoms with Gasteiger partial charge in [-0.3, -0.25) is 33.9 Å². The van der Waals surface area contributed by atoms with E-state index in [1.807, 2.05) is 13.8 Å². The average Bonchev–Trinajstić information content (AvgIpc) is 1.56. The zero-order valence-corrected chi connectivity index (χ0v) is 60.8. The standard InChI is InChI=1S/C75H107BF2N4O7SSi2/c1-13-19-25-31-47-91(48-32-26-20-14-2,49-33-27-21-15-3)53-45-67-61(10)74(79-63(67)12)73(72-59(8)55-58(7)56-60(72)9)75-62(11)68(46-54-92(50-34-28-22-16-4,51-35-29-23-17-5)52-36-30-24-18-6)69(80(75)76(77)78)43-39-64-37-41-66(42-38-64)89-90(87,88)71-44-40-65(81(83)84)57-70(71)82(85)86/h37-44,55-57H,13-36,47-52H2,1-12H3/b43-39+,74-73+. The van der Waals surface area contributed by atoms with E-state index in [4.69, 9.17) is 9.18 Å². The zero-order valence-electron chi connectivity index (χ0n) is 58.0. The first-order valence-corrected chi connectivity index (χ1v) is 41.6. The monoisotopic (exact) mass is 1310 g/mol. The van der Waals surface area contributed by atoms with Crippen LogP contribution in [0.15, 0.2) is 81.3 Å². The van der Waals surface area contributed by atoms with Crippen LogP contribution >= 0.6 is 0 Å². The van der Waals surface area contributed by atoms with Gasteiger partial charge in [0.05, 0.1) is 38.5 Å². The predicted octanol–water partition coefficient (Wildman–Crippen LogP) is 22.6. The fourth-order valence-electron chi connectivity index (χ4n) is 13.4. The quantitative estimate of drug-likeness (QED) is 0.0108. The molecule has 1 aliphatic rings. The number of nitrogens with zero attached hydrogens (tertiary/aromatic N) is 4. The summed E-state index contributed by atoms with van der Waals surface area (Å²) in [6, 6.07) is 19.1. The van der Waals surface area contributed by atoms with Gasteiger partial charge in [-0.05, 0) is 135 Å². The van der Waals surface area contributed by atoms with Crippen molar-refractivity contribution in [3.8, 4) is 28.7 Å². The number of unbranched alkanes of at least 4 members (excludes halogenated alkanes) is 18. The molecule has 0 unspecified atom stereocenters. The second-order valence-corrected chi connectivity index (χ2v) is 36.2. The second-order valence-electron chi connectivity index (χ2n) is 26.1. The number of rotatable bonds is 40. The van der Waals surface area contributed by atoms with E-state index in [1.54, 1.807) is 24.3 Å². The van der Waals surface area contributed by atoms with E-state index in [9.17, 15) is 28.6 Å². The van der Waals surface area contributed by atoms with Crippen LogP contribution in [0.25, 0.3) is 17.7 Å². The molecule has 0 radical (unpaired) electrons. The van der Waals surface area contributed by atoms with E-state index in [2.05, 4.69) is 104 Å². The van der Waals surface area contributed by atoms with Gasteiger partial charge >= 0.3 is 17.5 Å². The highest BCUT2D eigenvalue weighted by Gasteiger charge is 2.37. The van der Waals surface area contributed by atoms with Gasteiger partial charge in [-0.25, -0.2) is 0 Å². The van der Waals surface area contributed by atoms with Gasteiger partial charge in [-0.2, -0.15) is 8.42 Å². The summed E-state index contributed by atoms with van der Waals surface area (Å²) in [5.74, 6) is 7.48. The Hall–Kier alpha value is -6.14. The van der Waals surface area contributed by atoms with Crippen molar-refractivity contribution in [3.63, 3.8) is 0 Å². The summed E-state index contributed by atoms with van der Waals surface area (Å²) >= 11 is 0. The minimum atomic E-state index is -4.86. The molecule has 4 aromatic rings. The summed E-state index contributed by atoms with van der Waals surface area (Å²) < 4.78 is 67.9. The second kappa shape index (κ2) is 38.3. The SMILES string of the molecule is CCCCCC[Si](C#CC1=C(C)/C(=C(/c2c(C)cc(C)cc2C)c2c(C)c(C#C[Si](CCCCCC)(CCCCCC)CCCCCC)c(/C=C/c3ccc(OS(=O)(=O)c4ccc([N+](=O)[O-])cc4[N+](=O)[O-])cc3)n2B(F)F)N=C1C)(CCCCCC)CCCCCC. The molecule has 0 N–H and O–H groups in total. The van der Waals surface area contributed by atoms with Crippen LogP contribution in [0.5, 0.6) is 5.75 Å². The number of allylic oxidation sites excluding steroid dienone is 2. The van der Waals surface area contributed by atoms with Gasteiger partial charge in [0, 0.05) is 23.0 Å². The van der Waals surface area contributed by atoms with Gasteiger partial charge in [-0.1, -0.05) is 243 Å². The van der Waals surface area contributed by atoms with Gasteiger partial charge in [0.15, 0.2) is 4.90 Å². The third-order valence-corrected chi connectivity index (χ3v) is 29.0. The van der Waals surface area contributed by atoms with Crippen molar-refractivity contribution in [2.45, 2.75) is 278 Å². The van der Waals surface area contributed by atoms with Crippen molar-refractivity contribution in [3.05, 3.63) is 142 Å². The van der Waals surface area contributed by atoms with Gasteiger partial charge in [0.2, 0.25) is 0 Å². The van der Waals surface area contributed by atoms with E-state index in [0.717, 1.165) is 151 Å². The Balaban J connectivity index is 1.88. The maximum atomic E-state index is 17.1. The Morgan fingerprint density at radius 2 is 1.04 bits per heavy atom. The molecule has 0 fully saturated rings. The van der Waals surface area contributed by atoms with Crippen LogP contribution < -0.4 is 4.18 Å². The summed E-state index contributed by atoms with van der Waals surface area (Å²) in [6.07, 6.45) is 31.4. The molecule has 1 aromatic heterocycles. The van der Waals surface area contributed by atoms with Crippen LogP contribution in [0.3, 0.4) is 0 Å². The number of hydrogen-bond acceptors (Lipinski definition) is 8. The molecule has 92 heavy (non-hydrogen) atoms. The first-order valence-electron chi connectivity index (χ1n) is 34.9. The number of halogens is 2. The van der Waals surface area contributed by atoms with E-state index < -0.39 is 59.8 Å². The number of aryl methyl sites for hydroxylation is 3. The first kappa shape index (κ1) is 76.6. The fourth-order valence-corrected chi connectivity index (χ4v) is 23.1. The van der Waals surface area contributed by atoms with Crippen molar-refractivity contribution >= 4 is 68.5 Å². The molecule has 11 nitrogen and oxygen atoms in total. The highest BCUT2D eigenvalue weighted by Crippen LogP contribution is 2.44. The summed E-state index contributed by atoms with van der Waals surface area (Å²) in [7, 11) is -12.4. The van der Waals surface area contributed by atoms with Crippen molar-refractivity contribution < 1.29 is 31.1 Å². The minimum absolute atomic E-state index is 0.187. The molecule has 3 aromatic carbocycles. The molecule has 0 bridgehead atoms. The molecule has 17 heteroatoms. The predicted molar refractivity (Wildman–Crippen MR) is 388 cm³/mol. The summed E-state index contributed by atoms with van der Waals surface area (Å²) in [5, 5.41) is 23.4. The number of non-ortho nitro benzene ring substituents is 1. The van der Waals surface area contributed by atoms with Crippen molar-refractivity contribution in [1.29, 1.82) is 0 Å². The van der Waals surface area contributed by atoms with E-state index in [1.165, 1.54) is 107 Å². The van der Waals surface area contributed by atoms with Crippen LogP contribution in [-0.2, 0) is 10.1 Å². The number of benzene rings is 3. The van der Waals surface area contributed by atoms with E-state index in [-0.39, 0.29) is 11.4 Å². The Morgan fingerprint density at radius 1 is 0.598 bits per heavy atom. The minimum Gasteiger partial charge on any atom is -0.379 e. The van der Waals surface area contributed by atoms with Crippen LogP contribution in [0.1, 0.15) is 260 Å². The molecule has 0 saturated carbocycles.